The molecule has 4 N–H and O–H groups in total. The first-order chi connectivity index (χ1) is 11.4. The van der Waals surface area contributed by atoms with Crippen LogP contribution >= 0.6 is 0 Å². The Morgan fingerprint density at radius 3 is 2.62 bits per heavy atom. The van der Waals surface area contributed by atoms with E-state index in [-0.39, 0.29) is 6.04 Å². The first-order valence-electron chi connectivity index (χ1n) is 10.5. The Labute approximate surface area is 148 Å². The van der Waals surface area contributed by atoms with E-state index in [0.717, 1.165) is 24.2 Å². The topological polar surface area (TPSA) is 52.0 Å². The average molecular weight is 331 g/mol. The molecule has 4 rings (SSSR count). The summed E-state index contributed by atoms with van der Waals surface area (Å²) in [5.41, 5.74) is 14.9. The molecule has 4 aliphatic carbocycles. The molecule has 0 radical (unpaired) electrons. The minimum atomic E-state index is 0.148. The largest absolute Gasteiger partial charge is 0.329 e. The molecule has 0 saturated heterocycles. The molecule has 0 aromatic carbocycles. The molecule has 8 atom stereocenters. The van der Waals surface area contributed by atoms with E-state index in [2.05, 4.69) is 20.4 Å². The summed E-state index contributed by atoms with van der Waals surface area (Å²) >= 11 is 0. The van der Waals surface area contributed by atoms with Gasteiger partial charge in [-0.15, -0.1) is 0 Å². The molecule has 0 amide bonds. The van der Waals surface area contributed by atoms with Crippen molar-refractivity contribution in [2.45, 2.75) is 77.7 Å². The van der Waals surface area contributed by atoms with Crippen LogP contribution in [0.2, 0.25) is 0 Å². The molecule has 4 saturated carbocycles. The van der Waals surface area contributed by atoms with E-state index in [1.807, 2.05) is 0 Å². The summed E-state index contributed by atoms with van der Waals surface area (Å²) in [6.07, 6.45) is 12.7. The number of rotatable bonds is 2. The maximum atomic E-state index is 6.47. The maximum Gasteiger partial charge on any atom is 0.0200 e. The second kappa shape index (κ2) is 5.84. The lowest BCUT2D eigenvalue weighted by Crippen LogP contribution is -2.54. The molecule has 2 nitrogen and oxygen atoms in total. The molecule has 136 valence electrons. The monoisotopic (exact) mass is 330 g/mol. The summed E-state index contributed by atoms with van der Waals surface area (Å²) in [6, 6.07) is 0.148. The highest BCUT2D eigenvalue weighted by Gasteiger charge is 2.61. The van der Waals surface area contributed by atoms with Crippen LogP contribution in [0, 0.1) is 40.4 Å². The van der Waals surface area contributed by atoms with E-state index in [0.29, 0.717) is 29.2 Å². The fourth-order valence-corrected chi connectivity index (χ4v) is 8.16. The fraction of sp³-hybridized carbons (Fsp3) is 0.909. The highest BCUT2D eigenvalue weighted by molar-refractivity contribution is 5.23. The van der Waals surface area contributed by atoms with E-state index in [1.54, 1.807) is 0 Å². The SMILES string of the molecule is C=C1C[C@H](C(N)CN)[C@@]2(C)CC[C@H]3[C@@H](CCC4CCCC[C@@]43C)[C@H]12. The summed E-state index contributed by atoms with van der Waals surface area (Å²) < 4.78 is 0. The van der Waals surface area contributed by atoms with Gasteiger partial charge < -0.3 is 11.5 Å². The minimum Gasteiger partial charge on any atom is -0.329 e. The molecule has 2 unspecified atom stereocenters. The fourth-order valence-electron chi connectivity index (χ4n) is 8.16. The van der Waals surface area contributed by atoms with Crippen LogP contribution in [0.15, 0.2) is 12.2 Å². The number of allylic oxidation sites excluding steroid dienone is 1. The number of hydrogen-bond donors (Lipinski definition) is 2. The summed E-state index contributed by atoms with van der Waals surface area (Å²) in [6.45, 7) is 10.4. The highest BCUT2D eigenvalue weighted by Crippen LogP contribution is 2.68. The van der Waals surface area contributed by atoms with Gasteiger partial charge in [-0.25, -0.2) is 0 Å². The van der Waals surface area contributed by atoms with Crippen molar-refractivity contribution in [2.75, 3.05) is 6.54 Å². The van der Waals surface area contributed by atoms with Crippen LogP contribution in [-0.2, 0) is 0 Å². The maximum absolute atomic E-state index is 6.47. The molecule has 0 bridgehead atoms. The third-order valence-corrected chi connectivity index (χ3v) is 9.35. The molecular weight excluding hydrogens is 292 g/mol. The van der Waals surface area contributed by atoms with Crippen LogP contribution in [-0.4, -0.2) is 12.6 Å². The first kappa shape index (κ1) is 17.1. The van der Waals surface area contributed by atoms with Crippen LogP contribution in [0.5, 0.6) is 0 Å². The van der Waals surface area contributed by atoms with Gasteiger partial charge in [0, 0.05) is 12.6 Å². The quantitative estimate of drug-likeness (QED) is 0.733. The van der Waals surface area contributed by atoms with E-state index >= 15 is 0 Å². The molecule has 2 heteroatoms. The van der Waals surface area contributed by atoms with Gasteiger partial charge >= 0.3 is 0 Å². The predicted octanol–water partition coefficient (Wildman–Crippen LogP) is 4.49. The zero-order valence-electron chi connectivity index (χ0n) is 15.9. The smallest absolute Gasteiger partial charge is 0.0200 e. The van der Waals surface area contributed by atoms with Crippen LogP contribution in [0.4, 0.5) is 0 Å². The second-order valence-electron chi connectivity index (χ2n) is 10.2. The summed E-state index contributed by atoms with van der Waals surface area (Å²) in [5.74, 6) is 4.05. The molecule has 0 aromatic rings. The first-order valence-corrected chi connectivity index (χ1v) is 10.5. The average Bonchev–Trinajstić information content (AvgIpc) is 2.85. The van der Waals surface area contributed by atoms with Crippen molar-refractivity contribution in [3.05, 3.63) is 12.2 Å². The Kier molecular flexibility index (Phi) is 4.16. The molecular formula is C22H38N2. The van der Waals surface area contributed by atoms with Crippen LogP contribution in [0.1, 0.15) is 71.6 Å². The molecule has 0 aromatic heterocycles. The summed E-state index contributed by atoms with van der Waals surface area (Å²) in [7, 11) is 0. The van der Waals surface area contributed by atoms with Crippen molar-refractivity contribution in [2.24, 2.45) is 51.9 Å². The van der Waals surface area contributed by atoms with E-state index < -0.39 is 0 Å². The lowest BCUT2D eigenvalue weighted by Gasteiger charge is -2.60. The number of nitrogens with two attached hydrogens (primary N) is 2. The Morgan fingerprint density at radius 1 is 1.08 bits per heavy atom. The van der Waals surface area contributed by atoms with Crippen molar-refractivity contribution in [1.82, 2.24) is 0 Å². The van der Waals surface area contributed by atoms with Gasteiger partial charge in [0.2, 0.25) is 0 Å². The molecule has 4 aliphatic rings. The lowest BCUT2D eigenvalue weighted by atomic mass is 9.44. The molecule has 24 heavy (non-hydrogen) atoms. The lowest BCUT2D eigenvalue weighted by molar-refractivity contribution is -0.105. The number of fused-ring (bicyclic) bond motifs is 5. The Hall–Kier alpha value is -0.340. The molecule has 0 heterocycles. The standard InChI is InChI=1S/C22H38N2/c1-14-12-18(19(24)13-23)22(3)11-9-17-16(20(14)22)8-7-15-6-4-5-10-21(15,17)2/h15-20H,1,4-13,23-24H2,2-3H3/t15?,16-,17+,18-,19?,20+,21+,22-/m1/s1. The van der Waals surface area contributed by atoms with Crippen LogP contribution in [0.3, 0.4) is 0 Å². The van der Waals surface area contributed by atoms with Crippen LogP contribution < -0.4 is 11.5 Å². The molecule has 0 aliphatic heterocycles. The summed E-state index contributed by atoms with van der Waals surface area (Å²) in [4.78, 5) is 0. The zero-order chi connectivity index (χ0) is 17.1. The molecule has 4 fully saturated rings. The van der Waals surface area contributed by atoms with Gasteiger partial charge in [-0.05, 0) is 85.4 Å². The molecule has 0 spiro atoms. The Balaban J connectivity index is 1.65. The second-order valence-corrected chi connectivity index (χ2v) is 10.2. The third kappa shape index (κ3) is 2.21. The third-order valence-electron chi connectivity index (χ3n) is 9.35. The predicted molar refractivity (Wildman–Crippen MR) is 101 cm³/mol. The summed E-state index contributed by atoms with van der Waals surface area (Å²) in [5, 5.41) is 0. The van der Waals surface area contributed by atoms with E-state index in [4.69, 9.17) is 11.5 Å². The normalized spacial score (nSPS) is 52.3. The van der Waals surface area contributed by atoms with Gasteiger partial charge in [0.05, 0.1) is 0 Å². The van der Waals surface area contributed by atoms with E-state index in [9.17, 15) is 0 Å². The Morgan fingerprint density at radius 2 is 1.88 bits per heavy atom. The van der Waals surface area contributed by atoms with Crippen molar-refractivity contribution < 1.29 is 0 Å². The van der Waals surface area contributed by atoms with Gasteiger partial charge in [-0.1, -0.05) is 38.8 Å². The van der Waals surface area contributed by atoms with Crippen molar-refractivity contribution in [3.8, 4) is 0 Å². The van der Waals surface area contributed by atoms with Gasteiger partial charge in [-0.2, -0.15) is 0 Å². The van der Waals surface area contributed by atoms with Gasteiger partial charge in [0.25, 0.3) is 0 Å². The van der Waals surface area contributed by atoms with Gasteiger partial charge in [-0.3, -0.25) is 0 Å². The minimum absolute atomic E-state index is 0.148. The van der Waals surface area contributed by atoms with Crippen molar-refractivity contribution >= 4 is 0 Å². The zero-order valence-corrected chi connectivity index (χ0v) is 15.9. The number of hydrogen-bond acceptors (Lipinski definition) is 2. The van der Waals surface area contributed by atoms with Gasteiger partial charge in [0.15, 0.2) is 0 Å². The van der Waals surface area contributed by atoms with Crippen molar-refractivity contribution in [1.29, 1.82) is 0 Å². The van der Waals surface area contributed by atoms with Crippen LogP contribution in [0.25, 0.3) is 0 Å². The van der Waals surface area contributed by atoms with Crippen molar-refractivity contribution in [3.63, 3.8) is 0 Å². The van der Waals surface area contributed by atoms with Gasteiger partial charge in [0.1, 0.15) is 0 Å². The highest BCUT2D eigenvalue weighted by atomic mass is 14.8. The van der Waals surface area contributed by atoms with E-state index in [1.165, 1.54) is 56.9 Å². The Bertz CT molecular complexity index is 514.